The fourth-order valence-electron chi connectivity index (χ4n) is 3.34. The number of esters is 1. The Bertz CT molecular complexity index is 1020. The summed E-state index contributed by atoms with van der Waals surface area (Å²) in [5, 5.41) is 0. The molecule has 1 heterocycles. The minimum Gasteiger partial charge on any atom is -0.462 e. The minimum absolute atomic E-state index is 0.0372. The second-order valence-corrected chi connectivity index (χ2v) is 6.81. The first-order valence-corrected chi connectivity index (χ1v) is 9.68. The highest BCUT2D eigenvalue weighted by molar-refractivity contribution is 6.23. The second-order valence-electron chi connectivity index (χ2n) is 6.81. The lowest BCUT2D eigenvalue weighted by molar-refractivity contribution is -0.122. The average Bonchev–Trinajstić information content (AvgIpc) is 3.06. The first-order chi connectivity index (χ1) is 14.9. The van der Waals surface area contributed by atoms with Gasteiger partial charge in [0.25, 0.3) is 11.8 Å². The van der Waals surface area contributed by atoms with Gasteiger partial charge in [-0.3, -0.25) is 14.4 Å². The van der Waals surface area contributed by atoms with Crippen molar-refractivity contribution in [2.75, 3.05) is 18.1 Å². The molecule has 0 aliphatic carbocycles. The summed E-state index contributed by atoms with van der Waals surface area (Å²) in [6, 6.07) is 9.80. The van der Waals surface area contributed by atoms with E-state index in [1.54, 1.807) is 6.92 Å². The Hall–Kier alpha value is -3.81. The van der Waals surface area contributed by atoms with Crippen LogP contribution >= 0.6 is 0 Å². The maximum Gasteiger partial charge on any atom is 0.338 e. The highest BCUT2D eigenvalue weighted by atomic mass is 19.1. The van der Waals surface area contributed by atoms with Crippen molar-refractivity contribution in [1.82, 2.24) is 4.90 Å². The van der Waals surface area contributed by atoms with Gasteiger partial charge < -0.3 is 9.64 Å². The van der Waals surface area contributed by atoms with Gasteiger partial charge in [0.2, 0.25) is 5.91 Å². The summed E-state index contributed by atoms with van der Waals surface area (Å²) < 4.78 is 18.1. The predicted octanol–water partition coefficient (Wildman–Crippen LogP) is 2.96. The van der Waals surface area contributed by atoms with Crippen LogP contribution in [-0.2, 0) is 14.3 Å². The van der Waals surface area contributed by atoms with Gasteiger partial charge in [0, 0.05) is 12.1 Å². The molecule has 2 aromatic rings. The van der Waals surface area contributed by atoms with E-state index in [1.165, 1.54) is 47.4 Å². The zero-order chi connectivity index (χ0) is 22.5. The molecule has 2 aromatic carbocycles. The molecular weight excluding hydrogens is 403 g/mol. The molecular formula is C23H21FN2O5. The van der Waals surface area contributed by atoms with Crippen LogP contribution in [0.4, 0.5) is 10.1 Å². The number of hydrogen-bond donors (Lipinski definition) is 0. The number of rotatable bonds is 7. The van der Waals surface area contributed by atoms with E-state index >= 15 is 0 Å². The fraction of sp³-hybridized carbons (Fsp3) is 0.217. The smallest absolute Gasteiger partial charge is 0.338 e. The number of benzene rings is 2. The Morgan fingerprint density at radius 1 is 1.13 bits per heavy atom. The van der Waals surface area contributed by atoms with Crippen molar-refractivity contribution < 1.29 is 28.3 Å². The first kappa shape index (κ1) is 21.9. The van der Waals surface area contributed by atoms with Gasteiger partial charge in [-0.25, -0.2) is 14.1 Å². The maximum atomic E-state index is 13.2. The monoisotopic (exact) mass is 424 g/mol. The van der Waals surface area contributed by atoms with Gasteiger partial charge in [0.05, 0.1) is 24.3 Å². The molecule has 1 unspecified atom stereocenters. The summed E-state index contributed by atoms with van der Waals surface area (Å²) in [5.41, 5.74) is 0.778. The summed E-state index contributed by atoms with van der Waals surface area (Å²) in [7, 11) is 0. The van der Waals surface area contributed by atoms with Crippen molar-refractivity contribution >= 4 is 29.4 Å². The SMILES string of the molecule is C=CCN(C(=O)c1ccc(F)cc1)C1CC(=O)N(c2ccc(C(=O)OCC)cc2)C1=O. The van der Waals surface area contributed by atoms with Crippen molar-refractivity contribution in [2.24, 2.45) is 0 Å². The summed E-state index contributed by atoms with van der Waals surface area (Å²) in [6.45, 7) is 5.57. The van der Waals surface area contributed by atoms with Gasteiger partial charge in [-0.15, -0.1) is 6.58 Å². The van der Waals surface area contributed by atoms with Crippen LogP contribution in [0.2, 0.25) is 0 Å². The lowest BCUT2D eigenvalue weighted by Gasteiger charge is -2.26. The summed E-state index contributed by atoms with van der Waals surface area (Å²) in [6.07, 6.45) is 1.26. The van der Waals surface area contributed by atoms with Crippen LogP contribution in [0.25, 0.3) is 0 Å². The normalized spacial score (nSPS) is 15.7. The quantitative estimate of drug-likeness (QED) is 0.388. The highest BCUT2D eigenvalue weighted by Gasteiger charge is 2.44. The lowest BCUT2D eigenvalue weighted by atomic mass is 10.1. The van der Waals surface area contributed by atoms with E-state index in [0.717, 1.165) is 17.0 Å². The Labute approximate surface area is 178 Å². The van der Waals surface area contributed by atoms with Crippen LogP contribution < -0.4 is 4.90 Å². The van der Waals surface area contributed by atoms with E-state index in [4.69, 9.17) is 4.74 Å². The number of amides is 3. The molecule has 0 saturated carbocycles. The van der Waals surface area contributed by atoms with Crippen molar-refractivity contribution in [1.29, 1.82) is 0 Å². The molecule has 0 radical (unpaired) electrons. The number of hydrogen-bond acceptors (Lipinski definition) is 5. The number of carbonyl (C=O) groups is 4. The molecule has 1 atom stereocenters. The van der Waals surface area contributed by atoms with E-state index in [1.807, 2.05) is 0 Å². The van der Waals surface area contributed by atoms with Crippen molar-refractivity contribution in [3.05, 3.63) is 78.1 Å². The van der Waals surface area contributed by atoms with Gasteiger partial charge in [0.15, 0.2) is 0 Å². The summed E-state index contributed by atoms with van der Waals surface area (Å²) in [5.74, 6) is -2.54. The third kappa shape index (κ3) is 4.53. The number of nitrogens with zero attached hydrogens (tertiary/aromatic N) is 2. The molecule has 1 saturated heterocycles. The Balaban J connectivity index is 1.84. The van der Waals surface area contributed by atoms with Crippen molar-refractivity contribution in [3.63, 3.8) is 0 Å². The molecule has 3 rings (SSSR count). The van der Waals surface area contributed by atoms with E-state index in [2.05, 4.69) is 6.58 Å². The van der Waals surface area contributed by atoms with Crippen molar-refractivity contribution in [2.45, 2.75) is 19.4 Å². The number of halogens is 1. The summed E-state index contributed by atoms with van der Waals surface area (Å²) >= 11 is 0. The lowest BCUT2D eigenvalue weighted by Crippen LogP contribution is -2.45. The van der Waals surface area contributed by atoms with Gasteiger partial charge in [-0.05, 0) is 55.5 Å². The van der Waals surface area contributed by atoms with E-state index in [-0.39, 0.29) is 25.1 Å². The topological polar surface area (TPSA) is 84.0 Å². The number of carbonyl (C=O) groups excluding carboxylic acids is 4. The molecule has 8 heteroatoms. The molecule has 0 bridgehead atoms. The Kier molecular flexibility index (Phi) is 6.59. The van der Waals surface area contributed by atoms with Gasteiger partial charge in [-0.1, -0.05) is 6.08 Å². The molecule has 0 spiro atoms. The third-order valence-corrected chi connectivity index (χ3v) is 4.81. The zero-order valence-corrected chi connectivity index (χ0v) is 16.9. The molecule has 1 aliphatic heterocycles. The predicted molar refractivity (Wildman–Crippen MR) is 111 cm³/mol. The molecule has 31 heavy (non-hydrogen) atoms. The van der Waals surface area contributed by atoms with Crippen molar-refractivity contribution in [3.8, 4) is 0 Å². The number of anilines is 1. The fourth-order valence-corrected chi connectivity index (χ4v) is 3.34. The van der Waals surface area contributed by atoms with Gasteiger partial charge >= 0.3 is 5.97 Å². The molecule has 1 aliphatic rings. The van der Waals surface area contributed by atoms with Crippen LogP contribution in [0.15, 0.2) is 61.2 Å². The second kappa shape index (κ2) is 9.34. The number of ether oxygens (including phenoxy) is 1. The molecule has 3 amide bonds. The van der Waals surface area contributed by atoms with Gasteiger partial charge in [-0.2, -0.15) is 0 Å². The Morgan fingerprint density at radius 3 is 2.32 bits per heavy atom. The summed E-state index contributed by atoms with van der Waals surface area (Å²) in [4.78, 5) is 52.7. The number of imide groups is 1. The molecule has 160 valence electrons. The molecule has 0 aromatic heterocycles. The van der Waals surface area contributed by atoms with Gasteiger partial charge in [0.1, 0.15) is 11.9 Å². The van der Waals surface area contributed by atoms with E-state index in [9.17, 15) is 23.6 Å². The Morgan fingerprint density at radius 2 is 1.74 bits per heavy atom. The third-order valence-electron chi connectivity index (χ3n) is 4.81. The zero-order valence-electron chi connectivity index (χ0n) is 16.9. The first-order valence-electron chi connectivity index (χ1n) is 9.68. The minimum atomic E-state index is -1.02. The molecule has 1 fully saturated rings. The van der Waals surface area contributed by atoms with Crippen LogP contribution in [0.3, 0.4) is 0 Å². The van der Waals surface area contributed by atoms with Crippen LogP contribution in [0.5, 0.6) is 0 Å². The van der Waals surface area contributed by atoms with Crippen LogP contribution in [0.1, 0.15) is 34.1 Å². The van der Waals surface area contributed by atoms with E-state index in [0.29, 0.717) is 11.3 Å². The largest absolute Gasteiger partial charge is 0.462 e. The maximum absolute atomic E-state index is 13.2. The standard InChI is InChI=1S/C23H21FN2O5/c1-3-13-25(21(28)15-5-9-17(24)10-6-15)19-14-20(27)26(22(19)29)18-11-7-16(8-12-18)23(30)31-4-2/h3,5-12,19H,1,4,13-14H2,2H3. The van der Waals surface area contributed by atoms with Crippen LogP contribution in [-0.4, -0.2) is 47.8 Å². The van der Waals surface area contributed by atoms with E-state index < -0.39 is 35.5 Å². The highest BCUT2D eigenvalue weighted by Crippen LogP contribution is 2.27. The molecule has 0 N–H and O–H groups in total. The molecule has 7 nitrogen and oxygen atoms in total. The average molecular weight is 424 g/mol. The van der Waals surface area contributed by atoms with Crippen LogP contribution in [0, 0.1) is 5.82 Å².